The Bertz CT molecular complexity index is 630. The Labute approximate surface area is 139 Å². The SMILES string of the molecule is CCCSc1nnc(NC(=O)c2ccc(C(C)(C)C)cc2)s1. The van der Waals surface area contributed by atoms with Crippen LogP contribution in [0.25, 0.3) is 0 Å². The zero-order chi connectivity index (χ0) is 16.2. The summed E-state index contributed by atoms with van der Waals surface area (Å²) in [6.07, 6.45) is 1.09. The van der Waals surface area contributed by atoms with Gasteiger partial charge in [-0.05, 0) is 29.5 Å². The minimum Gasteiger partial charge on any atom is -0.296 e. The molecule has 0 fully saturated rings. The van der Waals surface area contributed by atoms with Gasteiger partial charge in [0.15, 0.2) is 4.34 Å². The van der Waals surface area contributed by atoms with E-state index < -0.39 is 0 Å². The second-order valence-corrected chi connectivity index (χ2v) is 8.32. The smallest absolute Gasteiger partial charge is 0.257 e. The zero-order valence-electron chi connectivity index (χ0n) is 13.3. The first-order valence-corrected chi connectivity index (χ1v) is 9.08. The lowest BCUT2D eigenvalue weighted by molar-refractivity contribution is 0.102. The monoisotopic (exact) mass is 335 g/mol. The van der Waals surface area contributed by atoms with Crippen LogP contribution < -0.4 is 5.32 Å². The molecule has 1 amide bonds. The van der Waals surface area contributed by atoms with Gasteiger partial charge in [0.05, 0.1) is 0 Å². The van der Waals surface area contributed by atoms with Gasteiger partial charge in [0.25, 0.3) is 5.91 Å². The zero-order valence-corrected chi connectivity index (χ0v) is 15.0. The van der Waals surface area contributed by atoms with Crippen LogP contribution in [0.2, 0.25) is 0 Å². The predicted octanol–water partition coefficient (Wildman–Crippen LogP) is 4.59. The Morgan fingerprint density at radius 1 is 1.23 bits per heavy atom. The molecule has 1 aromatic heterocycles. The number of rotatable bonds is 5. The Hall–Kier alpha value is -1.40. The number of benzene rings is 1. The van der Waals surface area contributed by atoms with Crippen LogP contribution >= 0.6 is 23.1 Å². The van der Waals surface area contributed by atoms with Gasteiger partial charge in [-0.15, -0.1) is 10.2 Å². The summed E-state index contributed by atoms with van der Waals surface area (Å²) >= 11 is 3.07. The standard InChI is InChI=1S/C16H21N3OS2/c1-5-10-21-15-19-18-14(22-15)17-13(20)11-6-8-12(9-7-11)16(2,3)4/h6-9H,5,10H2,1-4H3,(H,17,18,20). The molecule has 0 spiro atoms. The van der Waals surface area contributed by atoms with E-state index in [-0.39, 0.29) is 11.3 Å². The van der Waals surface area contributed by atoms with Crippen LogP contribution in [-0.4, -0.2) is 21.9 Å². The third-order valence-electron chi connectivity index (χ3n) is 3.07. The van der Waals surface area contributed by atoms with E-state index in [1.165, 1.54) is 16.9 Å². The van der Waals surface area contributed by atoms with E-state index in [0.29, 0.717) is 10.7 Å². The van der Waals surface area contributed by atoms with E-state index in [1.807, 2.05) is 24.3 Å². The molecule has 0 aliphatic rings. The first-order valence-electron chi connectivity index (χ1n) is 7.28. The molecule has 4 nitrogen and oxygen atoms in total. The van der Waals surface area contributed by atoms with Gasteiger partial charge in [-0.2, -0.15) is 0 Å². The quantitative estimate of drug-likeness (QED) is 0.641. The minimum absolute atomic E-state index is 0.0830. The summed E-state index contributed by atoms with van der Waals surface area (Å²) in [6, 6.07) is 7.70. The van der Waals surface area contributed by atoms with Crippen molar-refractivity contribution in [1.29, 1.82) is 0 Å². The first-order chi connectivity index (χ1) is 10.4. The maximum Gasteiger partial charge on any atom is 0.257 e. The van der Waals surface area contributed by atoms with Gasteiger partial charge in [0.2, 0.25) is 5.13 Å². The third-order valence-corrected chi connectivity index (χ3v) is 5.25. The van der Waals surface area contributed by atoms with Crippen LogP contribution in [0.5, 0.6) is 0 Å². The number of anilines is 1. The highest BCUT2D eigenvalue weighted by Gasteiger charge is 2.15. The molecule has 0 aliphatic carbocycles. The average Bonchev–Trinajstić information content (AvgIpc) is 2.92. The maximum atomic E-state index is 12.2. The van der Waals surface area contributed by atoms with E-state index in [4.69, 9.17) is 0 Å². The second kappa shape index (κ2) is 7.24. The van der Waals surface area contributed by atoms with Crippen molar-refractivity contribution in [3.05, 3.63) is 35.4 Å². The fourth-order valence-electron chi connectivity index (χ4n) is 1.80. The van der Waals surface area contributed by atoms with Crippen LogP contribution in [0.1, 0.15) is 50.0 Å². The molecule has 1 N–H and O–H groups in total. The molecule has 118 valence electrons. The number of aromatic nitrogens is 2. The minimum atomic E-state index is -0.149. The maximum absolute atomic E-state index is 12.2. The summed E-state index contributed by atoms with van der Waals surface area (Å²) in [5, 5.41) is 11.4. The Balaban J connectivity index is 2.01. The largest absolute Gasteiger partial charge is 0.296 e. The summed E-state index contributed by atoms with van der Waals surface area (Å²) in [5.74, 6) is 0.861. The van der Waals surface area contributed by atoms with E-state index >= 15 is 0 Å². The number of carbonyl (C=O) groups excluding carboxylic acids is 1. The highest BCUT2D eigenvalue weighted by molar-refractivity contribution is 8.01. The molecule has 1 heterocycles. The van der Waals surface area contributed by atoms with E-state index in [2.05, 4.69) is 43.2 Å². The van der Waals surface area contributed by atoms with Gasteiger partial charge in [-0.3, -0.25) is 10.1 Å². The van der Waals surface area contributed by atoms with Gasteiger partial charge in [-0.1, -0.05) is 62.9 Å². The lowest BCUT2D eigenvalue weighted by atomic mass is 9.87. The van der Waals surface area contributed by atoms with Crippen molar-refractivity contribution in [2.24, 2.45) is 0 Å². The molecule has 0 saturated carbocycles. The molecule has 0 unspecified atom stereocenters. The molecule has 1 aromatic carbocycles. The molecular formula is C16H21N3OS2. The molecule has 0 saturated heterocycles. The van der Waals surface area contributed by atoms with Crippen LogP contribution in [0.15, 0.2) is 28.6 Å². The van der Waals surface area contributed by atoms with Gasteiger partial charge in [0.1, 0.15) is 0 Å². The summed E-state index contributed by atoms with van der Waals surface area (Å²) < 4.78 is 0.889. The van der Waals surface area contributed by atoms with Crippen molar-refractivity contribution < 1.29 is 4.79 Å². The normalized spacial score (nSPS) is 11.5. The highest BCUT2D eigenvalue weighted by Crippen LogP contribution is 2.26. The van der Waals surface area contributed by atoms with Crippen molar-refractivity contribution in [3.63, 3.8) is 0 Å². The number of carbonyl (C=O) groups is 1. The highest BCUT2D eigenvalue weighted by atomic mass is 32.2. The number of nitrogens with zero attached hydrogens (tertiary/aromatic N) is 2. The van der Waals surface area contributed by atoms with Crippen LogP contribution in [0.4, 0.5) is 5.13 Å². The molecule has 0 bridgehead atoms. The third kappa shape index (κ3) is 4.55. The lowest BCUT2D eigenvalue weighted by Gasteiger charge is -2.18. The summed E-state index contributed by atoms with van der Waals surface area (Å²) in [5.41, 5.74) is 1.92. The molecule has 0 radical (unpaired) electrons. The van der Waals surface area contributed by atoms with Gasteiger partial charge in [-0.25, -0.2) is 0 Å². The molecule has 6 heteroatoms. The summed E-state index contributed by atoms with van der Waals surface area (Å²) in [6.45, 7) is 8.58. The number of thioether (sulfide) groups is 1. The average molecular weight is 335 g/mol. The number of hydrogen-bond acceptors (Lipinski definition) is 5. The van der Waals surface area contributed by atoms with Crippen molar-refractivity contribution in [3.8, 4) is 0 Å². The molecule has 2 aromatic rings. The topological polar surface area (TPSA) is 54.9 Å². The summed E-state index contributed by atoms with van der Waals surface area (Å²) in [7, 11) is 0. The Morgan fingerprint density at radius 3 is 2.50 bits per heavy atom. The molecule has 2 rings (SSSR count). The van der Waals surface area contributed by atoms with E-state index in [1.54, 1.807) is 11.8 Å². The Morgan fingerprint density at radius 2 is 1.91 bits per heavy atom. The number of nitrogens with one attached hydrogen (secondary N) is 1. The van der Waals surface area contributed by atoms with Gasteiger partial charge >= 0.3 is 0 Å². The molecule has 22 heavy (non-hydrogen) atoms. The van der Waals surface area contributed by atoms with Crippen molar-refractivity contribution in [1.82, 2.24) is 10.2 Å². The first kappa shape index (κ1) is 17.0. The van der Waals surface area contributed by atoms with Crippen LogP contribution in [0, 0.1) is 0 Å². The number of amides is 1. The number of hydrogen-bond donors (Lipinski definition) is 1. The molecule has 0 atom stereocenters. The predicted molar refractivity (Wildman–Crippen MR) is 94.0 cm³/mol. The lowest BCUT2D eigenvalue weighted by Crippen LogP contribution is -2.14. The van der Waals surface area contributed by atoms with Gasteiger partial charge in [0, 0.05) is 11.3 Å². The van der Waals surface area contributed by atoms with Crippen molar-refractivity contribution in [2.75, 3.05) is 11.1 Å². The summed E-state index contributed by atoms with van der Waals surface area (Å²) in [4.78, 5) is 12.2. The fraction of sp³-hybridized carbons (Fsp3) is 0.438. The van der Waals surface area contributed by atoms with Crippen molar-refractivity contribution in [2.45, 2.75) is 43.9 Å². The van der Waals surface area contributed by atoms with Gasteiger partial charge < -0.3 is 0 Å². The Kier molecular flexibility index (Phi) is 5.58. The second-order valence-electron chi connectivity index (χ2n) is 6.00. The fourth-order valence-corrected chi connectivity index (χ4v) is 3.47. The van der Waals surface area contributed by atoms with Crippen LogP contribution in [-0.2, 0) is 5.41 Å². The van der Waals surface area contributed by atoms with Crippen molar-refractivity contribution >= 4 is 34.1 Å². The molecular weight excluding hydrogens is 314 g/mol. The molecule has 0 aliphatic heterocycles. The van der Waals surface area contributed by atoms with E-state index in [9.17, 15) is 4.79 Å². The van der Waals surface area contributed by atoms with E-state index in [0.717, 1.165) is 16.5 Å². The van der Waals surface area contributed by atoms with Crippen LogP contribution in [0.3, 0.4) is 0 Å².